The Morgan fingerprint density at radius 3 is 1.24 bits per heavy atom. The third-order valence-electron chi connectivity index (χ3n) is 16.4. The van der Waals surface area contributed by atoms with Gasteiger partial charge in [-0.1, -0.05) is 133 Å². The van der Waals surface area contributed by atoms with E-state index < -0.39 is 8.07 Å². The molecule has 16 rings (SSSR count). The maximum absolute atomic E-state index is 9.87. The minimum atomic E-state index is -2.03. The van der Waals surface area contributed by atoms with Gasteiger partial charge in [0.15, 0.2) is 0 Å². The maximum atomic E-state index is 9.87. The molecule has 0 aliphatic heterocycles. The minimum Gasteiger partial charge on any atom is -0.310 e. The highest BCUT2D eigenvalue weighted by molar-refractivity contribution is 6.89. The van der Waals surface area contributed by atoms with Gasteiger partial charge in [0, 0.05) is 65.2 Å². The van der Waals surface area contributed by atoms with E-state index in [2.05, 4.69) is 233 Å². The number of hydrogen-bond donors (Lipinski definition) is 0. The molecule has 0 atom stereocenters. The summed E-state index contributed by atoms with van der Waals surface area (Å²) in [4.78, 5) is 2.37. The van der Waals surface area contributed by atoms with Crippen LogP contribution in [-0.2, 0) is 6.04 Å². The third-order valence-corrected chi connectivity index (χ3v) is 19.8. The van der Waals surface area contributed by atoms with E-state index in [0.29, 0.717) is 5.56 Å². The zero-order valence-corrected chi connectivity index (χ0v) is 42.3. The lowest BCUT2D eigenvalue weighted by Crippen LogP contribution is -2.44. The number of halogens is 1. The Labute approximate surface area is 431 Å². The molecule has 16 aromatic rings. The maximum Gasteiger partial charge on any atom is 0.0991 e. The fourth-order valence-electron chi connectivity index (χ4n) is 12.9. The van der Waals surface area contributed by atoms with E-state index in [-0.39, 0.29) is 0 Å². The molecule has 0 N–H and O–H groups in total. The van der Waals surface area contributed by atoms with Gasteiger partial charge in [-0.2, -0.15) is 5.26 Å². The number of fused-ring (bicyclic) bond motifs is 16. The first-order chi connectivity index (χ1) is 36.2. The van der Waals surface area contributed by atoms with Crippen LogP contribution in [0.2, 0.25) is 18.1 Å². The highest BCUT2D eigenvalue weighted by Gasteiger charge is 2.27. The average molecular weight is 980 g/mol. The first kappa shape index (κ1) is 41.7. The molecule has 12 aromatic carbocycles. The van der Waals surface area contributed by atoms with Gasteiger partial charge in [0.05, 0.1) is 52.8 Å². The first-order valence-electron chi connectivity index (χ1n) is 25.4. The van der Waals surface area contributed by atoms with Crippen molar-refractivity contribution in [3.8, 4) is 6.07 Å². The van der Waals surface area contributed by atoms with Crippen molar-refractivity contribution < 1.29 is 0 Å². The van der Waals surface area contributed by atoms with Gasteiger partial charge in [0.25, 0.3) is 0 Å². The zero-order valence-electron chi connectivity index (χ0n) is 40.6. The normalized spacial score (nSPS) is 12.6. The second kappa shape index (κ2) is 15.1. The Morgan fingerprint density at radius 1 is 0.405 bits per heavy atom. The fraction of sp³-hybridized carbons (Fsp3) is 0.0441. The summed E-state index contributed by atoms with van der Waals surface area (Å²) in [6.07, 6.45) is 0. The van der Waals surface area contributed by atoms with Crippen molar-refractivity contribution in [3.63, 3.8) is 0 Å². The van der Waals surface area contributed by atoms with E-state index >= 15 is 0 Å². The summed E-state index contributed by atoms with van der Waals surface area (Å²) < 4.78 is 4.95. The summed E-state index contributed by atoms with van der Waals surface area (Å²) in [6.45, 7) is 4.99. The molecule has 0 aliphatic rings. The predicted octanol–water partition coefficient (Wildman–Crippen LogP) is 18.3. The number of nitrogens with zero attached hydrogens (tertiary/aromatic N) is 4. The summed E-state index contributed by atoms with van der Waals surface area (Å²) >= 11 is 6.92. The van der Waals surface area contributed by atoms with E-state index in [1.165, 1.54) is 130 Å². The van der Waals surface area contributed by atoms with Crippen LogP contribution in [0.1, 0.15) is 11.1 Å². The van der Waals surface area contributed by atoms with Crippen molar-refractivity contribution >= 4 is 161 Å². The quantitative estimate of drug-likeness (QED) is 0.156. The molecule has 0 bridgehead atoms. The highest BCUT2D eigenvalue weighted by Crippen LogP contribution is 2.47. The van der Waals surface area contributed by atoms with Crippen LogP contribution in [0.4, 0.5) is 17.1 Å². The summed E-state index contributed by atoms with van der Waals surface area (Å²) in [5, 5.41) is 31.7. The second-order valence-electron chi connectivity index (χ2n) is 21.2. The molecule has 4 aromatic heterocycles. The van der Waals surface area contributed by atoms with Gasteiger partial charge in [0.1, 0.15) is 0 Å². The fourth-order valence-corrected chi connectivity index (χ4v) is 15.7. The first-order valence-corrected chi connectivity index (χ1v) is 29.0. The van der Waals surface area contributed by atoms with Gasteiger partial charge < -0.3 is 13.7 Å². The number of anilines is 3. The molecule has 0 radical (unpaired) electrons. The average Bonchev–Trinajstić information content (AvgIpc) is 4.25. The minimum absolute atomic E-state index is 0.638. The van der Waals surface area contributed by atoms with Crippen LogP contribution in [-0.4, -0.2) is 16.9 Å². The molecular weight excluding hydrogens is 936 g/mol. The van der Waals surface area contributed by atoms with Gasteiger partial charge in [-0.05, 0) is 164 Å². The van der Waals surface area contributed by atoms with Crippen LogP contribution >= 0.6 is 11.6 Å². The van der Waals surface area contributed by atoms with E-state index in [1.54, 1.807) is 0 Å². The molecular formula is C68H43ClN4Si. The molecule has 0 saturated heterocycles. The Bertz CT molecular complexity index is 4980. The number of hydrogen-bond acceptors (Lipinski definition) is 2. The van der Waals surface area contributed by atoms with Crippen molar-refractivity contribution in [3.05, 3.63) is 228 Å². The summed E-state index contributed by atoms with van der Waals surface area (Å²) in [5.74, 6) is 0. The Kier molecular flexibility index (Phi) is 8.48. The van der Waals surface area contributed by atoms with Crippen molar-refractivity contribution in [2.45, 2.75) is 19.1 Å². The van der Waals surface area contributed by atoms with Gasteiger partial charge in [-0.15, -0.1) is 0 Å². The van der Waals surface area contributed by atoms with Gasteiger partial charge >= 0.3 is 0 Å². The monoisotopic (exact) mass is 978 g/mol. The summed E-state index contributed by atoms with van der Waals surface area (Å²) in [7, 11) is -2.03. The van der Waals surface area contributed by atoms with Crippen molar-refractivity contribution in [2.75, 3.05) is 4.90 Å². The smallest absolute Gasteiger partial charge is 0.0991 e. The molecule has 0 spiro atoms. The number of aromatic nitrogens is 2. The SMILES string of the molecule is C[Si](C)(Cc1ccc2cc3c(cc2c1)c1cc(Cl)cc2c4cc5ccccc5cc4n3c21)c1ccc(N(c2ccc(C#N)cc2)c2cc3c4cc5ccccc5cc4n4c5cc6ccccc6cc5c(c2)c34)cc1. The Hall–Kier alpha value is -8.92. The van der Waals surface area contributed by atoms with Crippen LogP contribution in [0, 0.1) is 11.3 Å². The topological polar surface area (TPSA) is 35.8 Å². The molecule has 0 aliphatic carbocycles. The van der Waals surface area contributed by atoms with Crippen molar-refractivity contribution in [1.29, 1.82) is 5.26 Å². The molecule has 4 heterocycles. The molecule has 0 saturated carbocycles. The summed E-state index contributed by atoms with van der Waals surface area (Å²) in [5.41, 5.74) is 12.5. The van der Waals surface area contributed by atoms with E-state index in [0.717, 1.165) is 28.1 Å². The number of nitriles is 1. The van der Waals surface area contributed by atoms with E-state index in [9.17, 15) is 5.26 Å². The standard InChI is InChI=1S/C68H43ClN4Si/c1-74(2,39-41-15-18-48-33-66-58(29-49(48)25-41)60-35-50(69)34-59-55-26-42-9-3-6-12-45(42)30-63(55)72(66)67(59)60)54-23-21-52(22-24-54)71(51-19-16-40(38-70)17-20-51)53-36-61-56-27-43-10-4-7-13-46(43)31-64(56)73-65-32-47-14-8-5-11-44(47)28-57(65)62(37-53)68(61)73/h3-37H,39H2,1-2H3. The largest absolute Gasteiger partial charge is 0.310 e. The lowest BCUT2D eigenvalue weighted by Gasteiger charge is -2.28. The number of benzene rings is 12. The molecule has 6 heteroatoms. The second-order valence-corrected chi connectivity index (χ2v) is 26.3. The van der Waals surface area contributed by atoms with Crippen molar-refractivity contribution in [2.24, 2.45) is 0 Å². The van der Waals surface area contributed by atoms with Crippen LogP contribution in [0.25, 0.3) is 119 Å². The molecule has 346 valence electrons. The molecule has 0 unspecified atom stereocenters. The van der Waals surface area contributed by atoms with E-state index in [4.69, 9.17) is 11.6 Å². The van der Waals surface area contributed by atoms with Gasteiger partial charge in [-0.25, -0.2) is 0 Å². The predicted molar refractivity (Wildman–Crippen MR) is 317 cm³/mol. The lowest BCUT2D eigenvalue weighted by atomic mass is 10.0. The van der Waals surface area contributed by atoms with Crippen LogP contribution in [0.15, 0.2) is 212 Å². The molecule has 4 nitrogen and oxygen atoms in total. The van der Waals surface area contributed by atoms with Gasteiger partial charge in [0.2, 0.25) is 0 Å². The zero-order chi connectivity index (χ0) is 49.1. The Morgan fingerprint density at radius 2 is 0.797 bits per heavy atom. The molecule has 0 amide bonds. The van der Waals surface area contributed by atoms with Gasteiger partial charge in [-0.3, -0.25) is 0 Å². The van der Waals surface area contributed by atoms with Crippen LogP contribution < -0.4 is 10.1 Å². The lowest BCUT2D eigenvalue weighted by molar-refractivity contribution is 1.29. The third kappa shape index (κ3) is 5.95. The Balaban J connectivity index is 0.805. The van der Waals surface area contributed by atoms with Crippen LogP contribution in [0.3, 0.4) is 0 Å². The molecule has 0 fully saturated rings. The van der Waals surface area contributed by atoms with Crippen LogP contribution in [0.5, 0.6) is 0 Å². The number of rotatable bonds is 6. The summed E-state index contributed by atoms with van der Waals surface area (Å²) in [6, 6.07) is 81.8. The van der Waals surface area contributed by atoms with Crippen molar-refractivity contribution in [1.82, 2.24) is 8.80 Å². The van der Waals surface area contributed by atoms with E-state index in [1.807, 2.05) is 12.1 Å². The highest BCUT2D eigenvalue weighted by atomic mass is 35.5. The molecule has 74 heavy (non-hydrogen) atoms.